The largest absolute Gasteiger partial charge is 0.417 e. The van der Waals surface area contributed by atoms with E-state index in [0.29, 0.717) is 13.1 Å². The van der Waals surface area contributed by atoms with Crippen molar-refractivity contribution in [3.8, 4) is 0 Å². The molecular weight excluding hydrogens is 425 g/mol. The van der Waals surface area contributed by atoms with Crippen molar-refractivity contribution in [2.24, 2.45) is 5.10 Å². The van der Waals surface area contributed by atoms with Crippen LogP contribution in [0.2, 0.25) is 0 Å². The van der Waals surface area contributed by atoms with Gasteiger partial charge in [-0.1, -0.05) is 18.2 Å². The summed E-state index contributed by atoms with van der Waals surface area (Å²) in [7, 11) is -3.86. The first-order chi connectivity index (χ1) is 14.1. The van der Waals surface area contributed by atoms with Crippen molar-refractivity contribution in [1.82, 2.24) is 4.31 Å². The monoisotopic (exact) mass is 442 g/mol. The van der Waals surface area contributed by atoms with E-state index in [2.05, 4.69) is 10.5 Å². The molecule has 0 unspecified atom stereocenters. The fraction of sp³-hybridized carbons (Fsp3) is 0.278. The molecule has 2 aromatic carbocycles. The summed E-state index contributed by atoms with van der Waals surface area (Å²) in [6.07, 6.45) is -2.26. The Balaban J connectivity index is 1.87. The van der Waals surface area contributed by atoms with Crippen LogP contribution in [0.1, 0.15) is 24.0 Å². The molecule has 0 aromatic heterocycles. The van der Waals surface area contributed by atoms with Crippen molar-refractivity contribution in [3.63, 3.8) is 0 Å². The Labute approximate surface area is 170 Å². The first kappa shape index (κ1) is 21.7. The van der Waals surface area contributed by atoms with Crippen LogP contribution < -0.4 is 5.43 Å². The lowest BCUT2D eigenvalue weighted by Crippen LogP contribution is -2.27. The summed E-state index contributed by atoms with van der Waals surface area (Å²) in [6, 6.07) is 8.00. The van der Waals surface area contributed by atoms with Gasteiger partial charge in [-0.05, 0) is 31.0 Å². The summed E-state index contributed by atoms with van der Waals surface area (Å²) in [5, 5.41) is 15.1. The minimum Gasteiger partial charge on any atom is -0.272 e. The molecule has 1 aliphatic heterocycles. The van der Waals surface area contributed by atoms with Crippen LogP contribution >= 0.6 is 0 Å². The number of halogens is 3. The molecule has 0 aliphatic carbocycles. The van der Waals surface area contributed by atoms with Crippen LogP contribution in [-0.4, -0.2) is 37.0 Å². The Morgan fingerprint density at radius 3 is 2.43 bits per heavy atom. The minimum atomic E-state index is -4.58. The fourth-order valence-electron chi connectivity index (χ4n) is 3.03. The lowest BCUT2D eigenvalue weighted by atomic mass is 10.1. The van der Waals surface area contributed by atoms with Gasteiger partial charge in [0.15, 0.2) is 0 Å². The van der Waals surface area contributed by atoms with Gasteiger partial charge in [0.1, 0.15) is 5.69 Å². The van der Waals surface area contributed by atoms with Crippen molar-refractivity contribution in [2.45, 2.75) is 23.9 Å². The quantitative estimate of drug-likeness (QED) is 0.416. The second-order valence-corrected chi connectivity index (χ2v) is 8.44. The zero-order valence-electron chi connectivity index (χ0n) is 15.5. The van der Waals surface area contributed by atoms with E-state index in [0.717, 1.165) is 37.3 Å². The molecule has 8 nitrogen and oxygen atoms in total. The molecule has 0 atom stereocenters. The van der Waals surface area contributed by atoms with E-state index >= 15 is 0 Å². The normalized spacial score (nSPS) is 15.6. The molecule has 1 heterocycles. The van der Waals surface area contributed by atoms with Crippen LogP contribution in [0.3, 0.4) is 0 Å². The summed E-state index contributed by atoms with van der Waals surface area (Å²) in [4.78, 5) is 10.4. The molecule has 12 heteroatoms. The highest BCUT2D eigenvalue weighted by Gasteiger charge is 2.32. The Kier molecular flexibility index (Phi) is 6.08. The summed E-state index contributed by atoms with van der Waals surface area (Å²) in [5.74, 6) is 0. The van der Waals surface area contributed by atoms with E-state index in [1.165, 1.54) is 28.6 Å². The van der Waals surface area contributed by atoms with Crippen molar-refractivity contribution in [1.29, 1.82) is 0 Å². The maximum Gasteiger partial charge on any atom is 0.417 e. The summed E-state index contributed by atoms with van der Waals surface area (Å²) in [6.45, 7) is 0.693. The second-order valence-electron chi connectivity index (χ2n) is 6.50. The lowest BCUT2D eigenvalue weighted by Gasteiger charge is -2.15. The van der Waals surface area contributed by atoms with Gasteiger partial charge in [0.05, 0.1) is 21.6 Å². The average Bonchev–Trinajstić information content (AvgIpc) is 3.23. The lowest BCUT2D eigenvalue weighted by molar-refractivity contribution is -0.384. The maximum atomic E-state index is 13.0. The van der Waals surface area contributed by atoms with Crippen molar-refractivity contribution < 1.29 is 26.5 Å². The van der Waals surface area contributed by atoms with E-state index in [4.69, 9.17) is 0 Å². The molecule has 30 heavy (non-hydrogen) atoms. The van der Waals surface area contributed by atoms with Crippen LogP contribution in [0.25, 0.3) is 0 Å². The van der Waals surface area contributed by atoms with Gasteiger partial charge < -0.3 is 0 Å². The highest BCUT2D eigenvalue weighted by atomic mass is 32.2. The molecule has 0 radical (unpaired) electrons. The van der Waals surface area contributed by atoms with Gasteiger partial charge in [-0.15, -0.1) is 0 Å². The van der Waals surface area contributed by atoms with Gasteiger partial charge in [0.25, 0.3) is 5.69 Å². The Morgan fingerprint density at radius 1 is 1.13 bits per heavy atom. The first-order valence-electron chi connectivity index (χ1n) is 8.84. The smallest absolute Gasteiger partial charge is 0.272 e. The predicted molar refractivity (Wildman–Crippen MR) is 104 cm³/mol. The number of hydrogen-bond acceptors (Lipinski definition) is 6. The molecule has 2 aromatic rings. The standard InChI is InChI=1S/C18H17F3N4O4S/c19-18(20,21)15-6-2-1-5-13(15)12-22-23-16-8-7-14(11-17(16)25(26)27)30(28,29)24-9-3-4-10-24/h1-2,5-8,11-12,23H,3-4,9-10H2/b22-12+. The number of hydrogen-bond donors (Lipinski definition) is 1. The number of benzene rings is 2. The van der Waals surface area contributed by atoms with Gasteiger partial charge >= 0.3 is 6.18 Å². The number of sulfonamides is 1. The van der Waals surface area contributed by atoms with E-state index in [1.807, 2.05) is 0 Å². The molecule has 1 saturated heterocycles. The number of nitrogens with one attached hydrogen (secondary N) is 1. The molecule has 0 bridgehead atoms. The summed E-state index contributed by atoms with van der Waals surface area (Å²) < 4.78 is 65.5. The third-order valence-corrected chi connectivity index (χ3v) is 6.42. The van der Waals surface area contributed by atoms with Gasteiger partial charge in [-0.25, -0.2) is 8.42 Å². The first-order valence-corrected chi connectivity index (χ1v) is 10.3. The number of nitro groups is 1. The third kappa shape index (κ3) is 4.60. The average molecular weight is 442 g/mol. The minimum absolute atomic E-state index is 0.152. The second kappa shape index (κ2) is 8.40. The molecular formula is C18H17F3N4O4S. The zero-order valence-corrected chi connectivity index (χ0v) is 16.3. The number of nitrogens with zero attached hydrogens (tertiary/aromatic N) is 3. The molecule has 1 N–H and O–H groups in total. The van der Waals surface area contributed by atoms with Crippen LogP contribution in [0.15, 0.2) is 52.5 Å². The van der Waals surface area contributed by atoms with Gasteiger partial charge in [-0.3, -0.25) is 15.5 Å². The Morgan fingerprint density at radius 2 is 1.80 bits per heavy atom. The number of alkyl halides is 3. The number of nitro benzene ring substituents is 1. The van der Waals surface area contributed by atoms with Crippen LogP contribution in [0, 0.1) is 10.1 Å². The highest BCUT2D eigenvalue weighted by molar-refractivity contribution is 7.89. The van der Waals surface area contributed by atoms with Crippen LogP contribution in [0.5, 0.6) is 0 Å². The highest BCUT2D eigenvalue weighted by Crippen LogP contribution is 2.32. The molecule has 3 rings (SSSR count). The Bertz CT molecular complexity index is 1080. The third-order valence-electron chi connectivity index (χ3n) is 4.52. The molecule has 0 saturated carbocycles. The zero-order chi connectivity index (χ0) is 21.9. The number of anilines is 1. The topological polar surface area (TPSA) is 105 Å². The molecule has 0 amide bonds. The van der Waals surface area contributed by atoms with Gasteiger partial charge in [0, 0.05) is 24.7 Å². The number of hydrazone groups is 1. The summed E-state index contributed by atoms with van der Waals surface area (Å²) >= 11 is 0. The molecule has 0 spiro atoms. The van der Waals surface area contributed by atoms with Gasteiger partial charge in [-0.2, -0.15) is 22.6 Å². The predicted octanol–water partition coefficient (Wildman–Crippen LogP) is 3.84. The van der Waals surface area contributed by atoms with Crippen LogP contribution in [0.4, 0.5) is 24.5 Å². The fourth-order valence-corrected chi connectivity index (χ4v) is 4.57. The Hall–Kier alpha value is -2.99. The maximum absolute atomic E-state index is 13.0. The van der Waals surface area contributed by atoms with Gasteiger partial charge in [0.2, 0.25) is 10.0 Å². The van der Waals surface area contributed by atoms with E-state index in [-0.39, 0.29) is 16.1 Å². The van der Waals surface area contributed by atoms with E-state index in [9.17, 15) is 31.7 Å². The van der Waals surface area contributed by atoms with E-state index in [1.54, 1.807) is 0 Å². The van der Waals surface area contributed by atoms with E-state index < -0.39 is 32.4 Å². The van der Waals surface area contributed by atoms with Crippen molar-refractivity contribution in [3.05, 3.63) is 63.7 Å². The SMILES string of the molecule is O=[N+]([O-])c1cc(S(=O)(=O)N2CCCC2)ccc1N/N=C/c1ccccc1C(F)(F)F. The number of rotatable bonds is 6. The molecule has 160 valence electrons. The molecule has 1 aliphatic rings. The van der Waals surface area contributed by atoms with Crippen molar-refractivity contribution >= 4 is 27.6 Å². The molecule has 1 fully saturated rings. The van der Waals surface area contributed by atoms with Crippen LogP contribution in [-0.2, 0) is 16.2 Å². The van der Waals surface area contributed by atoms with Crippen molar-refractivity contribution in [2.75, 3.05) is 18.5 Å². The summed E-state index contributed by atoms with van der Waals surface area (Å²) in [5.41, 5.74) is 0.478.